The van der Waals surface area contributed by atoms with Crippen molar-refractivity contribution in [3.05, 3.63) is 40.9 Å². The summed E-state index contributed by atoms with van der Waals surface area (Å²) in [6.45, 7) is 6.85. The number of carbonyl (C=O) groups excluding carboxylic acids is 1. The summed E-state index contributed by atoms with van der Waals surface area (Å²) in [5, 5.41) is 7.13. The van der Waals surface area contributed by atoms with Gasteiger partial charge >= 0.3 is 5.97 Å². The molecule has 0 spiro atoms. The molecule has 2 aliphatic rings. The molecule has 2 unspecified atom stereocenters. The van der Waals surface area contributed by atoms with E-state index >= 15 is 0 Å². The van der Waals surface area contributed by atoms with Gasteiger partial charge in [-0.3, -0.25) is 0 Å². The summed E-state index contributed by atoms with van der Waals surface area (Å²) in [6, 6.07) is 10.4. The maximum atomic E-state index is 12.1. The Bertz CT molecular complexity index is 628. The van der Waals surface area contributed by atoms with Gasteiger partial charge in [0.15, 0.2) is 0 Å². The number of benzene rings is 1. The second-order valence-electron chi connectivity index (χ2n) is 7.21. The lowest BCUT2D eigenvalue weighted by Gasteiger charge is -2.42. The minimum Gasteiger partial charge on any atom is -0.464 e. The van der Waals surface area contributed by atoms with Crippen LogP contribution < -0.4 is 10.6 Å². The first-order valence-electron chi connectivity index (χ1n) is 8.59. The van der Waals surface area contributed by atoms with Crippen molar-refractivity contribution in [1.29, 1.82) is 0 Å². The molecule has 1 aliphatic carbocycles. The molecule has 0 fully saturated rings. The van der Waals surface area contributed by atoms with Crippen LogP contribution in [0.1, 0.15) is 33.6 Å². The number of para-hydroxylation sites is 1. The summed E-state index contributed by atoms with van der Waals surface area (Å²) in [5.74, 6) is 0.581. The van der Waals surface area contributed by atoms with Crippen molar-refractivity contribution in [1.82, 2.24) is 5.32 Å². The van der Waals surface area contributed by atoms with Gasteiger partial charge in [0.05, 0.1) is 12.6 Å². The monoisotopic (exact) mass is 346 g/mol. The summed E-state index contributed by atoms with van der Waals surface area (Å²) in [5.41, 5.74) is 2.53. The molecule has 24 heavy (non-hydrogen) atoms. The molecule has 0 saturated carbocycles. The molecule has 1 heterocycles. The molecule has 2 N–H and O–H groups in total. The molecule has 1 aromatic rings. The number of hydrogen-bond donors (Lipinski definition) is 2. The molecule has 2 atom stereocenters. The van der Waals surface area contributed by atoms with Crippen molar-refractivity contribution in [2.45, 2.75) is 45.7 Å². The number of esters is 1. The Morgan fingerprint density at radius 3 is 2.83 bits per heavy atom. The number of ether oxygens (including phenoxy) is 1. The molecule has 1 aromatic carbocycles. The zero-order valence-corrected chi connectivity index (χ0v) is 15.4. The first-order valence-corrected chi connectivity index (χ1v) is 9.57. The molecular formula is C19H26N2O2S. The molecular weight excluding hydrogens is 320 g/mol. The van der Waals surface area contributed by atoms with Crippen LogP contribution >= 0.6 is 11.8 Å². The van der Waals surface area contributed by atoms with Crippen molar-refractivity contribution in [3.8, 4) is 0 Å². The predicted molar refractivity (Wildman–Crippen MR) is 99.9 cm³/mol. The van der Waals surface area contributed by atoms with Gasteiger partial charge in [0, 0.05) is 22.0 Å². The maximum Gasteiger partial charge on any atom is 0.329 e. The van der Waals surface area contributed by atoms with Gasteiger partial charge in [-0.25, -0.2) is 4.79 Å². The highest BCUT2D eigenvalue weighted by Gasteiger charge is 2.39. The highest BCUT2D eigenvalue weighted by molar-refractivity contribution is 8.03. The lowest BCUT2D eigenvalue weighted by atomic mass is 9.76. The van der Waals surface area contributed by atoms with Crippen LogP contribution in [-0.2, 0) is 9.53 Å². The quantitative estimate of drug-likeness (QED) is 0.813. The normalized spacial score (nSPS) is 25.5. The predicted octanol–water partition coefficient (Wildman–Crippen LogP) is 3.77. The van der Waals surface area contributed by atoms with E-state index in [-0.39, 0.29) is 23.5 Å². The minimum atomic E-state index is -0.236. The van der Waals surface area contributed by atoms with Crippen LogP contribution in [0.2, 0.25) is 0 Å². The van der Waals surface area contributed by atoms with Crippen LogP contribution in [0.5, 0.6) is 0 Å². The van der Waals surface area contributed by atoms with Crippen molar-refractivity contribution in [2.75, 3.05) is 17.7 Å². The molecule has 5 heteroatoms. The van der Waals surface area contributed by atoms with Gasteiger partial charge in [-0.05, 0) is 37.3 Å². The average Bonchev–Trinajstić information content (AvgIpc) is 2.54. The summed E-state index contributed by atoms with van der Waals surface area (Å²) in [6.07, 6.45) is 2.05. The van der Waals surface area contributed by atoms with E-state index < -0.39 is 0 Å². The summed E-state index contributed by atoms with van der Waals surface area (Å²) in [7, 11) is 0. The summed E-state index contributed by atoms with van der Waals surface area (Å²) in [4.78, 5) is 13.4. The van der Waals surface area contributed by atoms with Gasteiger partial charge in [-0.2, -0.15) is 0 Å². The summed E-state index contributed by atoms with van der Waals surface area (Å²) >= 11 is 1.79. The van der Waals surface area contributed by atoms with Crippen molar-refractivity contribution < 1.29 is 9.53 Å². The van der Waals surface area contributed by atoms with Crippen LogP contribution in [0.25, 0.3) is 0 Å². The fourth-order valence-electron chi connectivity index (χ4n) is 3.45. The molecule has 130 valence electrons. The molecule has 4 nitrogen and oxygen atoms in total. The van der Waals surface area contributed by atoms with E-state index in [1.807, 2.05) is 13.0 Å². The van der Waals surface area contributed by atoms with Gasteiger partial charge in [-0.1, -0.05) is 32.0 Å². The molecule has 0 amide bonds. The van der Waals surface area contributed by atoms with E-state index in [0.717, 1.165) is 24.3 Å². The van der Waals surface area contributed by atoms with Crippen LogP contribution in [0.3, 0.4) is 0 Å². The Kier molecular flexibility index (Phi) is 5.09. The number of allylic oxidation sites excluding steroid dienone is 1. The van der Waals surface area contributed by atoms with E-state index in [2.05, 4.69) is 48.7 Å². The lowest BCUT2D eigenvalue weighted by molar-refractivity contribution is -0.144. The van der Waals surface area contributed by atoms with E-state index in [9.17, 15) is 4.79 Å². The van der Waals surface area contributed by atoms with Gasteiger partial charge in [-0.15, -0.1) is 11.8 Å². The smallest absolute Gasteiger partial charge is 0.329 e. The Balaban J connectivity index is 1.80. The number of anilines is 1. The molecule has 0 bridgehead atoms. The molecule has 1 aliphatic heterocycles. The maximum absolute atomic E-state index is 12.1. The topological polar surface area (TPSA) is 50.4 Å². The Labute approximate surface area is 148 Å². The third kappa shape index (κ3) is 3.89. The number of rotatable bonds is 4. The zero-order valence-electron chi connectivity index (χ0n) is 14.6. The second-order valence-corrected chi connectivity index (χ2v) is 8.27. The van der Waals surface area contributed by atoms with Gasteiger partial charge < -0.3 is 15.4 Å². The highest BCUT2D eigenvalue weighted by Crippen LogP contribution is 2.44. The second kappa shape index (κ2) is 7.09. The van der Waals surface area contributed by atoms with Crippen LogP contribution in [-0.4, -0.2) is 30.4 Å². The Morgan fingerprint density at radius 2 is 2.12 bits per heavy atom. The zero-order chi connectivity index (χ0) is 17.2. The molecule has 3 rings (SSSR count). The van der Waals surface area contributed by atoms with E-state index in [1.165, 1.54) is 10.6 Å². The van der Waals surface area contributed by atoms with Crippen LogP contribution in [0, 0.1) is 5.41 Å². The number of thioether (sulfide) groups is 1. The van der Waals surface area contributed by atoms with E-state index in [1.54, 1.807) is 11.8 Å². The molecule has 0 radical (unpaired) electrons. The van der Waals surface area contributed by atoms with Crippen molar-refractivity contribution in [2.24, 2.45) is 5.41 Å². The third-order valence-electron chi connectivity index (χ3n) is 4.47. The van der Waals surface area contributed by atoms with Gasteiger partial charge in [0.25, 0.3) is 0 Å². The minimum absolute atomic E-state index is 0.146. The highest BCUT2D eigenvalue weighted by atomic mass is 32.2. The van der Waals surface area contributed by atoms with Crippen molar-refractivity contribution in [3.63, 3.8) is 0 Å². The van der Waals surface area contributed by atoms with Crippen molar-refractivity contribution >= 4 is 23.4 Å². The fourth-order valence-corrected chi connectivity index (χ4v) is 4.66. The number of carbonyl (C=O) groups is 1. The fraction of sp³-hybridized carbons (Fsp3) is 0.526. The molecule has 0 saturated heterocycles. The standard InChI is InChI=1S/C19H26N2O2S/c1-4-23-18(22)16-12-24-17-14(20-13-8-6-5-7-9-13)10-19(2,3)11-15(17)21-16/h5-9,14,16,20-21H,4,10-12H2,1-3H3. The van der Waals surface area contributed by atoms with Crippen LogP contribution in [0.15, 0.2) is 40.9 Å². The van der Waals surface area contributed by atoms with E-state index in [0.29, 0.717) is 6.61 Å². The Morgan fingerprint density at radius 1 is 1.38 bits per heavy atom. The molecule has 0 aromatic heterocycles. The third-order valence-corrected chi connectivity index (χ3v) is 5.81. The van der Waals surface area contributed by atoms with Gasteiger partial charge in [0.2, 0.25) is 0 Å². The number of nitrogens with one attached hydrogen (secondary N) is 2. The largest absolute Gasteiger partial charge is 0.464 e. The summed E-state index contributed by atoms with van der Waals surface area (Å²) < 4.78 is 5.18. The lowest BCUT2D eigenvalue weighted by Crippen LogP contribution is -2.47. The van der Waals surface area contributed by atoms with Gasteiger partial charge in [0.1, 0.15) is 6.04 Å². The first kappa shape index (κ1) is 17.2. The van der Waals surface area contributed by atoms with Crippen LogP contribution in [0.4, 0.5) is 5.69 Å². The number of hydrogen-bond acceptors (Lipinski definition) is 5. The van der Waals surface area contributed by atoms with E-state index in [4.69, 9.17) is 4.74 Å². The average molecular weight is 346 g/mol. The Hall–Kier alpha value is -1.62. The first-order chi connectivity index (χ1) is 11.5. The SMILES string of the molecule is CCOC(=O)C1CSC2=C(CC(C)(C)CC2Nc2ccccc2)N1.